The van der Waals surface area contributed by atoms with E-state index in [-0.39, 0.29) is 46.6 Å². The van der Waals surface area contributed by atoms with Gasteiger partial charge in [0.15, 0.2) is 18.6 Å². The van der Waals surface area contributed by atoms with E-state index >= 15 is 0 Å². The average molecular weight is 939 g/mol. The third-order valence-corrected chi connectivity index (χ3v) is 8.84. The Morgan fingerprint density at radius 3 is 1.84 bits per heavy atom. The van der Waals surface area contributed by atoms with E-state index < -0.39 is 5.97 Å². The average Bonchev–Trinajstić information content (AvgIpc) is 2.69. The van der Waals surface area contributed by atoms with Crippen LogP contribution < -0.4 is 29.6 Å². The zero-order chi connectivity index (χ0) is 21.9. The van der Waals surface area contributed by atoms with Crippen molar-refractivity contribution in [3.63, 3.8) is 0 Å². The molecule has 0 bridgehead atoms. The number of aromatic hydroxyl groups is 2. The van der Waals surface area contributed by atoms with Crippen LogP contribution >= 0.6 is 106 Å². The molecule has 1 aromatic heterocycles. The summed E-state index contributed by atoms with van der Waals surface area (Å²) in [6.45, 7) is 0. The fourth-order valence-electron chi connectivity index (χ4n) is 3.24. The second-order valence-corrected chi connectivity index (χ2v) is 11.6. The van der Waals surface area contributed by atoms with Crippen molar-refractivity contribution in [1.82, 2.24) is 0 Å². The van der Waals surface area contributed by atoms with Crippen LogP contribution in [-0.2, 0) is 0 Å². The molecule has 4 rings (SSSR count). The van der Waals surface area contributed by atoms with Crippen molar-refractivity contribution in [2.24, 2.45) is 0 Å². The van der Waals surface area contributed by atoms with Gasteiger partial charge in [-0.05, 0) is 130 Å². The Morgan fingerprint density at radius 1 is 0.903 bits per heavy atom. The van der Waals surface area contributed by atoms with Gasteiger partial charge in [-0.3, -0.25) is 0 Å². The van der Waals surface area contributed by atoms with Gasteiger partial charge in [-0.1, -0.05) is 12.1 Å². The first-order valence-electron chi connectivity index (χ1n) is 8.13. The largest absolute Gasteiger partial charge is 1.00 e. The van der Waals surface area contributed by atoms with Crippen LogP contribution in [0, 0.1) is 14.3 Å². The maximum Gasteiger partial charge on any atom is 1.00 e. The number of carboxylic acids is 1. The van der Waals surface area contributed by atoms with E-state index in [1.54, 1.807) is 30.3 Å². The molecule has 152 valence electrons. The Balaban J connectivity index is 0.00000272. The summed E-state index contributed by atoms with van der Waals surface area (Å²) in [4.78, 5) is 12.1. The number of carbonyl (C=O) groups is 1. The molecule has 0 aliphatic heterocycles. The minimum Gasteiger partial charge on any atom is -0.505 e. The number of fused-ring (bicyclic) bond motifs is 2. The van der Waals surface area contributed by atoms with Gasteiger partial charge in [0, 0.05) is 10.0 Å². The molecule has 0 spiro atoms. The maximum atomic E-state index is 12.1. The molecular weight excluding hydrogens is 931 g/mol. The Kier molecular flexibility index (Phi) is 8.68. The van der Waals surface area contributed by atoms with E-state index in [4.69, 9.17) is 4.42 Å². The summed E-state index contributed by atoms with van der Waals surface area (Å²) >= 11 is 11.5. The number of phenols is 2. The van der Waals surface area contributed by atoms with Crippen molar-refractivity contribution in [2.45, 2.75) is 0 Å². The van der Waals surface area contributed by atoms with Crippen LogP contribution in [0.15, 0.2) is 39.2 Å². The summed E-state index contributed by atoms with van der Waals surface area (Å²) in [5, 5.41) is 32.2. The zero-order valence-electron chi connectivity index (χ0n) is 15.4. The number of aromatic carboxylic acids is 1. The molecular formula is C20H8BrI4NaO5+2. The molecule has 1 heterocycles. The van der Waals surface area contributed by atoms with Crippen molar-refractivity contribution in [3.05, 3.63) is 54.6 Å². The number of carboxylic acid groups (broad SMARTS) is 1. The van der Waals surface area contributed by atoms with E-state index in [0.717, 1.165) is 0 Å². The van der Waals surface area contributed by atoms with Crippen molar-refractivity contribution < 1.29 is 54.1 Å². The molecule has 3 aromatic carbocycles. The molecule has 4 aromatic rings. The summed E-state index contributed by atoms with van der Waals surface area (Å²) in [6.07, 6.45) is 0. The molecule has 11 heteroatoms. The first kappa shape index (κ1) is 26.4. The number of hydrogen-bond acceptors (Lipinski definition) is 3. The van der Waals surface area contributed by atoms with Crippen LogP contribution in [0.3, 0.4) is 0 Å². The summed E-state index contributed by atoms with van der Waals surface area (Å²) in [7, 11) is 0. The maximum absolute atomic E-state index is 12.1. The Bertz CT molecular complexity index is 1340. The number of rotatable bonds is 2. The fraction of sp³-hybridized carbons (Fsp3) is 0. The predicted octanol–water partition coefficient (Wildman–Crippen LogP) is 4.83. The number of hydrogen-bond donors (Lipinski definition) is 3. The Labute approximate surface area is 261 Å². The Hall–Kier alpha value is 0.800. The molecule has 5 nitrogen and oxygen atoms in total. The molecule has 0 saturated heterocycles. The van der Waals surface area contributed by atoms with Crippen molar-refractivity contribution in [2.75, 3.05) is 0 Å². The van der Waals surface area contributed by atoms with Crippen LogP contribution in [0.1, 0.15) is 10.4 Å². The van der Waals surface area contributed by atoms with Crippen molar-refractivity contribution >= 4 is 134 Å². The Morgan fingerprint density at radius 2 is 1.39 bits per heavy atom. The van der Waals surface area contributed by atoms with Crippen LogP contribution in [0.4, 0.5) is 0 Å². The molecule has 31 heavy (non-hydrogen) atoms. The van der Waals surface area contributed by atoms with Gasteiger partial charge in [0.1, 0.15) is 0 Å². The van der Waals surface area contributed by atoms with E-state index in [1.165, 1.54) is 0 Å². The molecule has 0 atom stereocenters. The summed E-state index contributed by atoms with van der Waals surface area (Å²) < 4.78 is 8.90. The number of benzene rings is 3. The van der Waals surface area contributed by atoms with Gasteiger partial charge in [-0.25, -0.2) is 9.21 Å². The third-order valence-electron chi connectivity index (χ3n) is 4.54. The van der Waals surface area contributed by atoms with Crippen molar-refractivity contribution in [1.29, 1.82) is 0 Å². The smallest absolute Gasteiger partial charge is 0.505 e. The van der Waals surface area contributed by atoms with Gasteiger partial charge in [-0.2, -0.15) is 0 Å². The van der Waals surface area contributed by atoms with E-state index in [9.17, 15) is 20.1 Å². The second-order valence-electron chi connectivity index (χ2n) is 6.24. The van der Waals surface area contributed by atoms with Gasteiger partial charge in [0.05, 0.1) is 23.5 Å². The molecule has 0 aliphatic rings. The standard InChI is InChI=1S/C20H7BrI4O5.Na/c21-9-3-1-2-6(13(9)20(28)29)12-7-4-10(22)16(26)14(24)18(7)30-19-8(12)5-11(23)17(27)15(19)25;/h1-5H,(H2-,26,27,28,29);/q;+1/p+1. The normalized spacial score (nSPS) is 11.0. The van der Waals surface area contributed by atoms with Crippen LogP contribution in [0.2, 0.25) is 0 Å². The monoisotopic (exact) mass is 938 g/mol. The first-order valence-corrected chi connectivity index (χ1v) is 13.2. The molecule has 0 unspecified atom stereocenters. The minimum absolute atomic E-state index is 0. The summed E-state index contributed by atoms with van der Waals surface area (Å²) in [5.74, 6) is -0.878. The van der Waals surface area contributed by atoms with Gasteiger partial charge in [-0.15, -0.1) is 0 Å². The molecule has 0 saturated carbocycles. The third kappa shape index (κ3) is 4.57. The first-order chi connectivity index (χ1) is 14.1. The van der Waals surface area contributed by atoms with Gasteiger partial charge >= 0.3 is 46.7 Å². The minimum atomic E-state index is -1.06. The van der Waals surface area contributed by atoms with Gasteiger partial charge < -0.3 is 15.3 Å². The molecule has 3 N–H and O–H groups in total. The van der Waals surface area contributed by atoms with E-state index in [2.05, 4.69) is 15.9 Å². The van der Waals surface area contributed by atoms with Gasteiger partial charge in [0.25, 0.3) is 0 Å². The van der Waals surface area contributed by atoms with Crippen molar-refractivity contribution in [3.8, 4) is 22.6 Å². The van der Waals surface area contributed by atoms with Crippen LogP contribution in [0.25, 0.3) is 33.1 Å². The quantitative estimate of drug-likeness (QED) is 0.116. The van der Waals surface area contributed by atoms with E-state index in [1.807, 2.05) is 90.4 Å². The molecule has 0 aliphatic carbocycles. The fourth-order valence-corrected chi connectivity index (χ4v) is 7.35. The summed E-state index contributed by atoms with van der Waals surface area (Å²) in [6, 6.07) is 8.78. The van der Waals surface area contributed by atoms with Crippen LogP contribution in [0.5, 0.6) is 11.5 Å². The SMILES string of the molecule is O=C(O)c1c(Br)cccc1-c1c2cc(I)c(O)c(I)c2[o+]c2c(I)c(O)c(I)cc12.[Na+]. The topological polar surface area (TPSA) is 89.1 Å². The van der Waals surface area contributed by atoms with Gasteiger partial charge in [0.2, 0.25) is 0 Å². The van der Waals surface area contributed by atoms with E-state index in [0.29, 0.717) is 51.8 Å². The summed E-state index contributed by atoms with van der Waals surface area (Å²) in [5.41, 5.74) is 2.15. The molecule has 0 radical (unpaired) electrons. The predicted molar refractivity (Wildman–Crippen MR) is 152 cm³/mol. The number of phenolic OH excluding ortho intramolecular Hbond substituents is 2. The molecule has 0 amide bonds. The molecule has 0 fully saturated rings. The zero-order valence-corrected chi connectivity index (χ0v) is 27.7. The van der Waals surface area contributed by atoms with Crippen LogP contribution in [-0.4, -0.2) is 21.3 Å². The second kappa shape index (κ2) is 10.2. The number of halogens is 5.